The molecular weight excluding hydrogens is 531 g/mol. The number of nitrogens with zero attached hydrogens (tertiary/aromatic N) is 4. The van der Waals surface area contributed by atoms with Gasteiger partial charge in [0, 0.05) is 63.5 Å². The van der Waals surface area contributed by atoms with E-state index in [1.165, 1.54) is 0 Å². The first-order valence-electron chi connectivity index (χ1n) is 11.2. The second kappa shape index (κ2) is 13.4. The van der Waals surface area contributed by atoms with Crippen molar-refractivity contribution in [2.45, 2.75) is 13.0 Å². The summed E-state index contributed by atoms with van der Waals surface area (Å²) in [5.41, 5.74) is 3.17. The smallest absolute Gasteiger partial charge is 0.191 e. The van der Waals surface area contributed by atoms with E-state index in [1.54, 1.807) is 6.26 Å². The number of aryl methyl sites for hydroxylation is 1. The molecule has 4 rings (SSSR count). The second-order valence-corrected chi connectivity index (χ2v) is 7.84. The molecule has 3 heterocycles. The van der Waals surface area contributed by atoms with Crippen molar-refractivity contribution in [3.05, 3.63) is 66.2 Å². The van der Waals surface area contributed by atoms with Gasteiger partial charge in [-0.2, -0.15) is 5.10 Å². The van der Waals surface area contributed by atoms with E-state index in [-0.39, 0.29) is 24.0 Å². The number of hydrogen-bond acceptors (Lipinski definition) is 5. The standard InChI is InChI=1S/C24H32N6O2.HI/c1-29-19-21(23(28-29)20-6-3-2-4-7-20)18-27-24(25-10-9-22-8-5-15-32-22)26-11-12-30-13-16-31-17-14-30;/h2-8,15,19H,9-14,16-18H2,1H3,(H2,25,26,27);1H. The molecule has 0 atom stereocenters. The van der Waals surface area contributed by atoms with Crippen molar-refractivity contribution in [2.24, 2.45) is 12.0 Å². The Bertz CT molecular complexity index is 968. The van der Waals surface area contributed by atoms with Gasteiger partial charge in [-0.25, -0.2) is 4.99 Å². The van der Waals surface area contributed by atoms with Gasteiger partial charge in [0.1, 0.15) is 5.76 Å². The topological polar surface area (TPSA) is 79.9 Å². The minimum atomic E-state index is 0. The molecule has 2 N–H and O–H groups in total. The molecule has 1 aromatic carbocycles. The first kappa shape index (κ1) is 25.3. The molecule has 9 heteroatoms. The van der Waals surface area contributed by atoms with Crippen LogP contribution in [-0.2, 0) is 24.8 Å². The number of hydrogen-bond donors (Lipinski definition) is 2. The highest BCUT2D eigenvalue weighted by Gasteiger charge is 2.12. The molecular formula is C24H33IN6O2. The van der Waals surface area contributed by atoms with Gasteiger partial charge >= 0.3 is 0 Å². The normalized spacial score (nSPS) is 14.6. The summed E-state index contributed by atoms with van der Waals surface area (Å²) in [5, 5.41) is 11.6. The van der Waals surface area contributed by atoms with E-state index in [4.69, 9.17) is 14.1 Å². The van der Waals surface area contributed by atoms with E-state index < -0.39 is 0 Å². The first-order valence-corrected chi connectivity index (χ1v) is 11.2. The van der Waals surface area contributed by atoms with Crippen LogP contribution in [0, 0.1) is 0 Å². The molecule has 1 aliphatic rings. The van der Waals surface area contributed by atoms with E-state index >= 15 is 0 Å². The summed E-state index contributed by atoms with van der Waals surface area (Å²) in [6.45, 7) is 6.67. The lowest BCUT2D eigenvalue weighted by molar-refractivity contribution is 0.0389. The van der Waals surface area contributed by atoms with E-state index in [2.05, 4.69) is 32.8 Å². The molecule has 0 saturated carbocycles. The van der Waals surface area contributed by atoms with Gasteiger partial charge < -0.3 is 19.8 Å². The van der Waals surface area contributed by atoms with Crippen LogP contribution in [0.15, 0.2) is 64.3 Å². The van der Waals surface area contributed by atoms with Crippen LogP contribution in [0.3, 0.4) is 0 Å². The highest BCUT2D eigenvalue weighted by Crippen LogP contribution is 2.22. The zero-order valence-corrected chi connectivity index (χ0v) is 21.4. The molecule has 0 spiro atoms. The minimum absolute atomic E-state index is 0. The molecule has 2 aromatic heterocycles. The van der Waals surface area contributed by atoms with Crippen molar-refractivity contribution in [1.82, 2.24) is 25.3 Å². The maximum Gasteiger partial charge on any atom is 0.191 e. The monoisotopic (exact) mass is 564 g/mol. The summed E-state index contributed by atoms with van der Waals surface area (Å²) in [6.07, 6.45) is 4.55. The summed E-state index contributed by atoms with van der Waals surface area (Å²) in [4.78, 5) is 7.27. The van der Waals surface area contributed by atoms with Crippen LogP contribution < -0.4 is 10.6 Å². The number of halogens is 1. The zero-order chi connectivity index (χ0) is 22.0. The number of guanidine groups is 1. The van der Waals surface area contributed by atoms with Gasteiger partial charge in [-0.3, -0.25) is 9.58 Å². The molecule has 8 nitrogen and oxygen atoms in total. The van der Waals surface area contributed by atoms with Crippen molar-refractivity contribution < 1.29 is 9.15 Å². The van der Waals surface area contributed by atoms with Gasteiger partial charge in [0.15, 0.2) is 5.96 Å². The summed E-state index contributed by atoms with van der Waals surface area (Å²) < 4.78 is 12.7. The predicted molar refractivity (Wildman–Crippen MR) is 141 cm³/mol. The molecule has 0 bridgehead atoms. The average Bonchev–Trinajstić information content (AvgIpc) is 3.48. The highest BCUT2D eigenvalue weighted by atomic mass is 127. The Morgan fingerprint density at radius 3 is 2.61 bits per heavy atom. The third-order valence-corrected chi connectivity index (χ3v) is 5.43. The van der Waals surface area contributed by atoms with Crippen LogP contribution in [0.5, 0.6) is 0 Å². The maximum absolute atomic E-state index is 5.44. The minimum Gasteiger partial charge on any atom is -0.469 e. The number of aromatic nitrogens is 2. The van der Waals surface area contributed by atoms with Crippen molar-refractivity contribution in [3.8, 4) is 11.3 Å². The lowest BCUT2D eigenvalue weighted by atomic mass is 10.1. The number of ether oxygens (including phenoxy) is 1. The fraction of sp³-hybridized carbons (Fsp3) is 0.417. The average molecular weight is 564 g/mol. The zero-order valence-electron chi connectivity index (χ0n) is 19.1. The Labute approximate surface area is 212 Å². The van der Waals surface area contributed by atoms with Gasteiger partial charge in [0.25, 0.3) is 0 Å². The number of rotatable bonds is 9. The first-order chi connectivity index (χ1) is 15.8. The van der Waals surface area contributed by atoms with Crippen molar-refractivity contribution in [2.75, 3.05) is 45.9 Å². The molecule has 0 unspecified atom stereocenters. The van der Waals surface area contributed by atoms with Crippen LogP contribution in [0.4, 0.5) is 0 Å². The molecule has 1 fully saturated rings. The Kier molecular flexibility index (Phi) is 10.2. The molecule has 0 aliphatic carbocycles. The number of nitrogens with one attached hydrogen (secondary N) is 2. The third-order valence-electron chi connectivity index (χ3n) is 5.43. The molecule has 0 radical (unpaired) electrons. The summed E-state index contributed by atoms with van der Waals surface area (Å²) >= 11 is 0. The maximum atomic E-state index is 5.44. The predicted octanol–water partition coefficient (Wildman–Crippen LogP) is 2.91. The van der Waals surface area contributed by atoms with E-state index in [0.717, 1.165) is 80.9 Å². The van der Waals surface area contributed by atoms with Crippen LogP contribution in [0.25, 0.3) is 11.3 Å². The second-order valence-electron chi connectivity index (χ2n) is 7.84. The number of furan rings is 1. The summed E-state index contributed by atoms with van der Waals surface area (Å²) in [5.74, 6) is 1.76. The highest BCUT2D eigenvalue weighted by molar-refractivity contribution is 14.0. The molecule has 3 aromatic rings. The van der Waals surface area contributed by atoms with Crippen molar-refractivity contribution >= 4 is 29.9 Å². The Balaban J connectivity index is 0.00000306. The van der Waals surface area contributed by atoms with Crippen LogP contribution >= 0.6 is 24.0 Å². The SMILES string of the molecule is Cn1cc(CN=C(NCCc2ccco2)NCCN2CCOCC2)c(-c2ccccc2)n1.I. The van der Waals surface area contributed by atoms with E-state index in [9.17, 15) is 0 Å². The molecule has 33 heavy (non-hydrogen) atoms. The number of benzene rings is 1. The Hall–Kier alpha value is -2.37. The van der Waals surface area contributed by atoms with Crippen molar-refractivity contribution in [3.63, 3.8) is 0 Å². The number of morpholine rings is 1. The van der Waals surface area contributed by atoms with Gasteiger partial charge in [0.05, 0.1) is 31.7 Å². The van der Waals surface area contributed by atoms with Gasteiger partial charge in [-0.1, -0.05) is 30.3 Å². The van der Waals surface area contributed by atoms with Gasteiger partial charge in [0.2, 0.25) is 0 Å². The van der Waals surface area contributed by atoms with E-state index in [0.29, 0.717) is 6.54 Å². The fourth-order valence-corrected chi connectivity index (χ4v) is 3.75. The molecule has 1 saturated heterocycles. The van der Waals surface area contributed by atoms with Gasteiger partial charge in [-0.15, -0.1) is 24.0 Å². The lowest BCUT2D eigenvalue weighted by Crippen LogP contribution is -2.44. The largest absolute Gasteiger partial charge is 0.469 e. The molecule has 178 valence electrons. The van der Waals surface area contributed by atoms with Crippen LogP contribution in [-0.4, -0.2) is 66.6 Å². The van der Waals surface area contributed by atoms with Crippen molar-refractivity contribution in [1.29, 1.82) is 0 Å². The number of aliphatic imine (C=N–C) groups is 1. The molecule has 0 amide bonds. The Morgan fingerprint density at radius 2 is 1.85 bits per heavy atom. The summed E-state index contributed by atoms with van der Waals surface area (Å²) in [7, 11) is 1.95. The lowest BCUT2D eigenvalue weighted by Gasteiger charge is -2.26. The van der Waals surface area contributed by atoms with Crippen LogP contribution in [0.1, 0.15) is 11.3 Å². The molecule has 1 aliphatic heterocycles. The summed E-state index contributed by atoms with van der Waals surface area (Å²) in [6, 6.07) is 14.2. The fourth-order valence-electron chi connectivity index (χ4n) is 3.75. The Morgan fingerprint density at radius 1 is 1.06 bits per heavy atom. The third kappa shape index (κ3) is 7.86. The van der Waals surface area contributed by atoms with E-state index in [1.807, 2.05) is 48.3 Å². The quantitative estimate of drug-likeness (QED) is 0.237. The van der Waals surface area contributed by atoms with Crippen LogP contribution in [0.2, 0.25) is 0 Å². The van der Waals surface area contributed by atoms with Gasteiger partial charge in [-0.05, 0) is 12.1 Å².